The Balaban J connectivity index is 2.58. The Morgan fingerprint density at radius 2 is 1.76 bits per heavy atom. The van der Waals surface area contributed by atoms with Gasteiger partial charge in [0.25, 0.3) is 10.2 Å². The molecule has 1 rings (SSSR count). The SMILES string of the molecule is CCC1CCC(N(C)S(=O)(=O)N(C)CCC(=O)OC)CC1. The molecule has 6 nitrogen and oxygen atoms in total. The first-order chi connectivity index (χ1) is 9.82. The van der Waals surface area contributed by atoms with Crippen molar-refractivity contribution in [1.29, 1.82) is 0 Å². The largest absolute Gasteiger partial charge is 0.469 e. The zero-order valence-corrected chi connectivity index (χ0v) is 14.4. The molecule has 0 unspecified atom stereocenters. The van der Waals surface area contributed by atoms with Crippen LogP contribution >= 0.6 is 0 Å². The number of methoxy groups -OCH3 is 1. The lowest BCUT2D eigenvalue weighted by Crippen LogP contribution is -2.46. The van der Waals surface area contributed by atoms with Gasteiger partial charge in [0.2, 0.25) is 0 Å². The second-order valence-corrected chi connectivity index (χ2v) is 7.85. The van der Waals surface area contributed by atoms with E-state index in [1.807, 2.05) is 0 Å². The maximum absolute atomic E-state index is 12.5. The lowest BCUT2D eigenvalue weighted by atomic mass is 9.85. The quantitative estimate of drug-likeness (QED) is 0.669. The standard InChI is InChI=1S/C14H28N2O4S/c1-5-12-6-8-13(9-7-12)16(3)21(18,19)15(2)11-10-14(17)20-4/h12-13H,5-11H2,1-4H3. The molecule has 0 aromatic rings. The first-order valence-corrected chi connectivity index (χ1v) is 8.98. The molecular weight excluding hydrogens is 292 g/mol. The van der Waals surface area contributed by atoms with Gasteiger partial charge in [-0.05, 0) is 31.6 Å². The number of esters is 1. The minimum atomic E-state index is -3.51. The van der Waals surface area contributed by atoms with Gasteiger partial charge in [0.15, 0.2) is 0 Å². The van der Waals surface area contributed by atoms with Crippen LogP contribution < -0.4 is 0 Å². The van der Waals surface area contributed by atoms with E-state index in [0.717, 1.165) is 31.6 Å². The molecule has 1 aliphatic carbocycles. The van der Waals surface area contributed by atoms with E-state index in [9.17, 15) is 13.2 Å². The highest BCUT2D eigenvalue weighted by Crippen LogP contribution is 2.30. The fourth-order valence-electron chi connectivity index (χ4n) is 2.79. The van der Waals surface area contributed by atoms with Crippen molar-refractivity contribution in [3.63, 3.8) is 0 Å². The molecule has 0 bridgehead atoms. The molecule has 1 saturated carbocycles. The van der Waals surface area contributed by atoms with E-state index in [4.69, 9.17) is 0 Å². The van der Waals surface area contributed by atoms with Crippen molar-refractivity contribution in [3.8, 4) is 0 Å². The van der Waals surface area contributed by atoms with E-state index in [0.29, 0.717) is 0 Å². The van der Waals surface area contributed by atoms with Gasteiger partial charge in [0.1, 0.15) is 0 Å². The smallest absolute Gasteiger partial charge is 0.306 e. The number of carbonyl (C=O) groups is 1. The highest BCUT2D eigenvalue weighted by atomic mass is 32.2. The average Bonchev–Trinajstić information content (AvgIpc) is 2.51. The van der Waals surface area contributed by atoms with Crippen LogP contribution in [0.4, 0.5) is 0 Å². The van der Waals surface area contributed by atoms with Gasteiger partial charge in [-0.2, -0.15) is 17.0 Å². The van der Waals surface area contributed by atoms with Gasteiger partial charge in [-0.1, -0.05) is 13.3 Å². The number of hydrogen-bond acceptors (Lipinski definition) is 4. The maximum atomic E-state index is 12.5. The Morgan fingerprint density at radius 1 is 1.19 bits per heavy atom. The van der Waals surface area contributed by atoms with Crippen LogP contribution in [0.15, 0.2) is 0 Å². The maximum Gasteiger partial charge on any atom is 0.306 e. The molecule has 0 amide bonds. The number of hydrogen-bond donors (Lipinski definition) is 0. The summed E-state index contributed by atoms with van der Waals surface area (Å²) in [5.41, 5.74) is 0. The molecule has 0 N–H and O–H groups in total. The van der Waals surface area contributed by atoms with Crippen molar-refractivity contribution in [2.45, 2.75) is 51.5 Å². The molecule has 1 aliphatic rings. The molecule has 1 fully saturated rings. The van der Waals surface area contributed by atoms with Gasteiger partial charge in [0.05, 0.1) is 13.5 Å². The first-order valence-electron chi connectivity index (χ1n) is 7.59. The fourth-order valence-corrected chi connectivity index (χ4v) is 4.14. The van der Waals surface area contributed by atoms with Gasteiger partial charge in [-0.25, -0.2) is 0 Å². The summed E-state index contributed by atoms with van der Waals surface area (Å²) < 4.78 is 32.2. The zero-order valence-electron chi connectivity index (χ0n) is 13.5. The minimum absolute atomic E-state index is 0.0679. The molecule has 0 atom stereocenters. The molecule has 21 heavy (non-hydrogen) atoms. The van der Waals surface area contributed by atoms with Crippen LogP contribution in [0.1, 0.15) is 45.4 Å². The van der Waals surface area contributed by atoms with E-state index in [1.54, 1.807) is 7.05 Å². The third-order valence-corrected chi connectivity index (χ3v) is 6.52. The summed E-state index contributed by atoms with van der Waals surface area (Å²) in [6, 6.07) is 0.0679. The fraction of sp³-hybridized carbons (Fsp3) is 0.929. The molecule has 7 heteroatoms. The second-order valence-electron chi connectivity index (χ2n) is 5.75. The van der Waals surface area contributed by atoms with Crippen molar-refractivity contribution in [2.75, 3.05) is 27.7 Å². The van der Waals surface area contributed by atoms with Crippen molar-refractivity contribution in [3.05, 3.63) is 0 Å². The van der Waals surface area contributed by atoms with Crippen molar-refractivity contribution >= 4 is 16.2 Å². The molecule has 0 saturated heterocycles. The third kappa shape index (κ3) is 4.93. The number of carbonyl (C=O) groups excluding carboxylic acids is 1. The zero-order chi connectivity index (χ0) is 16.0. The first kappa shape index (κ1) is 18.4. The molecule has 0 aromatic heterocycles. The van der Waals surface area contributed by atoms with Crippen LogP contribution in [0.3, 0.4) is 0 Å². The number of rotatable bonds is 7. The average molecular weight is 320 g/mol. The monoisotopic (exact) mass is 320 g/mol. The van der Waals surface area contributed by atoms with Gasteiger partial charge in [-0.3, -0.25) is 4.79 Å². The molecule has 0 aliphatic heterocycles. The van der Waals surface area contributed by atoms with Crippen molar-refractivity contribution in [1.82, 2.24) is 8.61 Å². The van der Waals surface area contributed by atoms with Crippen LogP contribution in [-0.4, -0.2) is 56.8 Å². The number of nitrogens with zero attached hydrogens (tertiary/aromatic N) is 2. The topological polar surface area (TPSA) is 66.9 Å². The van der Waals surface area contributed by atoms with Crippen LogP contribution in [0.5, 0.6) is 0 Å². The van der Waals surface area contributed by atoms with Gasteiger partial charge >= 0.3 is 5.97 Å². The minimum Gasteiger partial charge on any atom is -0.469 e. The lowest BCUT2D eigenvalue weighted by molar-refractivity contribution is -0.140. The highest BCUT2D eigenvalue weighted by Gasteiger charge is 2.32. The predicted molar refractivity (Wildman–Crippen MR) is 82.0 cm³/mol. The molecule has 0 aromatic carbocycles. The highest BCUT2D eigenvalue weighted by molar-refractivity contribution is 7.86. The summed E-state index contributed by atoms with van der Waals surface area (Å²) in [5.74, 6) is 0.331. The Bertz CT molecular complexity index is 430. The predicted octanol–water partition coefficient (Wildman–Crippen LogP) is 1.63. The van der Waals surface area contributed by atoms with Gasteiger partial charge in [0, 0.05) is 26.7 Å². The van der Waals surface area contributed by atoms with Crippen molar-refractivity contribution in [2.24, 2.45) is 5.92 Å². The van der Waals surface area contributed by atoms with E-state index in [-0.39, 0.29) is 19.0 Å². The molecular formula is C14H28N2O4S. The van der Waals surface area contributed by atoms with E-state index in [1.165, 1.54) is 29.2 Å². The summed E-state index contributed by atoms with van der Waals surface area (Å²) in [5, 5.41) is 0. The van der Waals surface area contributed by atoms with Crippen LogP contribution in [0, 0.1) is 5.92 Å². The molecule has 124 valence electrons. The Morgan fingerprint density at radius 3 is 2.24 bits per heavy atom. The summed E-state index contributed by atoms with van der Waals surface area (Å²) in [6.07, 6.45) is 5.25. The Hall–Kier alpha value is -0.660. The normalized spacial score (nSPS) is 23.5. The lowest BCUT2D eigenvalue weighted by Gasteiger charge is -2.35. The summed E-state index contributed by atoms with van der Waals surface area (Å²) in [7, 11) is 0.939. The van der Waals surface area contributed by atoms with Gasteiger partial charge < -0.3 is 4.74 Å². The number of ether oxygens (including phenoxy) is 1. The van der Waals surface area contributed by atoms with Gasteiger partial charge in [-0.15, -0.1) is 0 Å². The molecule has 0 spiro atoms. The Labute approximate surface area is 128 Å². The second kappa shape index (κ2) is 8.10. The summed E-state index contributed by atoms with van der Waals surface area (Å²) in [4.78, 5) is 11.1. The van der Waals surface area contributed by atoms with E-state index < -0.39 is 16.2 Å². The summed E-state index contributed by atoms with van der Waals surface area (Å²) >= 11 is 0. The van der Waals surface area contributed by atoms with Crippen LogP contribution in [0.25, 0.3) is 0 Å². The van der Waals surface area contributed by atoms with Crippen LogP contribution in [-0.2, 0) is 19.7 Å². The van der Waals surface area contributed by atoms with E-state index in [2.05, 4.69) is 11.7 Å². The van der Waals surface area contributed by atoms with Crippen molar-refractivity contribution < 1.29 is 17.9 Å². The molecule has 0 radical (unpaired) electrons. The summed E-state index contributed by atoms with van der Waals surface area (Å²) in [6.45, 7) is 2.33. The van der Waals surface area contributed by atoms with E-state index >= 15 is 0 Å². The molecule has 0 heterocycles. The van der Waals surface area contributed by atoms with Crippen LogP contribution in [0.2, 0.25) is 0 Å². The Kier molecular flexibility index (Phi) is 7.09. The third-order valence-electron chi connectivity index (χ3n) is 4.52.